The summed E-state index contributed by atoms with van der Waals surface area (Å²) in [6, 6.07) is 4.64. The Bertz CT molecular complexity index is 572. The van der Waals surface area contributed by atoms with Crippen LogP contribution in [0.3, 0.4) is 0 Å². The van der Waals surface area contributed by atoms with E-state index in [4.69, 9.17) is 0 Å². The second-order valence-electron chi connectivity index (χ2n) is 3.88. The van der Waals surface area contributed by atoms with Crippen LogP contribution in [0.2, 0.25) is 0 Å². The van der Waals surface area contributed by atoms with Crippen LogP contribution in [0.15, 0.2) is 24.4 Å². The van der Waals surface area contributed by atoms with Gasteiger partial charge in [-0.1, -0.05) is 6.07 Å². The van der Waals surface area contributed by atoms with Crippen LogP contribution in [-0.2, 0) is 0 Å². The van der Waals surface area contributed by atoms with E-state index in [9.17, 15) is 4.39 Å². The number of aryl methyl sites for hydroxylation is 1. The summed E-state index contributed by atoms with van der Waals surface area (Å²) in [5.74, 6) is 1.05. The van der Waals surface area contributed by atoms with Gasteiger partial charge in [-0.15, -0.1) is 0 Å². The molecule has 0 fully saturated rings. The fraction of sp³-hybridized carbons (Fsp3) is 0.231. The number of aromatic nitrogens is 2. The smallest absolute Gasteiger partial charge is 0.161 e. The molecular formula is C13H13FIN3. The average molecular weight is 357 g/mol. The largest absolute Gasteiger partial charge is 0.369 e. The van der Waals surface area contributed by atoms with Crippen molar-refractivity contribution in [2.75, 3.05) is 11.9 Å². The first kappa shape index (κ1) is 13.2. The summed E-state index contributed by atoms with van der Waals surface area (Å²) in [4.78, 5) is 8.71. The van der Waals surface area contributed by atoms with E-state index in [-0.39, 0.29) is 5.82 Å². The van der Waals surface area contributed by atoms with E-state index < -0.39 is 0 Å². The number of nitrogens with one attached hydrogen (secondary N) is 1. The van der Waals surface area contributed by atoms with Crippen molar-refractivity contribution in [2.45, 2.75) is 13.8 Å². The number of halogens is 2. The Hall–Kier alpha value is -1.24. The van der Waals surface area contributed by atoms with Crippen LogP contribution in [0.1, 0.15) is 12.5 Å². The third kappa shape index (κ3) is 2.77. The topological polar surface area (TPSA) is 37.8 Å². The lowest BCUT2D eigenvalue weighted by molar-refractivity contribution is 0.627. The average Bonchev–Trinajstić information content (AvgIpc) is 2.35. The summed E-state index contributed by atoms with van der Waals surface area (Å²) in [7, 11) is 0. The van der Waals surface area contributed by atoms with Gasteiger partial charge in [-0.2, -0.15) is 0 Å². The van der Waals surface area contributed by atoms with Crippen molar-refractivity contribution in [3.63, 3.8) is 0 Å². The maximum atomic E-state index is 13.3. The summed E-state index contributed by atoms with van der Waals surface area (Å²) >= 11 is 2.17. The van der Waals surface area contributed by atoms with Crippen molar-refractivity contribution in [3.05, 3.63) is 39.3 Å². The minimum absolute atomic E-state index is 0.275. The van der Waals surface area contributed by atoms with Crippen LogP contribution < -0.4 is 5.32 Å². The Kier molecular flexibility index (Phi) is 4.11. The van der Waals surface area contributed by atoms with Crippen LogP contribution in [0, 0.1) is 16.3 Å². The highest BCUT2D eigenvalue weighted by Crippen LogP contribution is 2.24. The number of nitrogens with zero attached hydrogens (tertiary/aromatic N) is 2. The van der Waals surface area contributed by atoms with Crippen LogP contribution >= 0.6 is 22.6 Å². The van der Waals surface area contributed by atoms with Crippen molar-refractivity contribution >= 4 is 28.4 Å². The molecule has 94 valence electrons. The van der Waals surface area contributed by atoms with E-state index in [1.165, 1.54) is 12.1 Å². The number of hydrogen-bond donors (Lipinski definition) is 1. The van der Waals surface area contributed by atoms with Gasteiger partial charge in [0.1, 0.15) is 11.6 Å². The van der Waals surface area contributed by atoms with Crippen molar-refractivity contribution in [1.29, 1.82) is 0 Å². The summed E-state index contributed by atoms with van der Waals surface area (Å²) in [6.45, 7) is 4.71. The first-order valence-corrected chi connectivity index (χ1v) is 6.72. The maximum Gasteiger partial charge on any atom is 0.161 e. The molecule has 1 N–H and O–H groups in total. The first-order valence-electron chi connectivity index (χ1n) is 5.64. The van der Waals surface area contributed by atoms with Gasteiger partial charge >= 0.3 is 0 Å². The summed E-state index contributed by atoms with van der Waals surface area (Å²) < 4.78 is 14.2. The van der Waals surface area contributed by atoms with E-state index in [0.29, 0.717) is 5.82 Å². The fourth-order valence-electron chi connectivity index (χ4n) is 1.62. The molecule has 0 amide bonds. The molecule has 2 aromatic rings. The molecule has 1 heterocycles. The van der Waals surface area contributed by atoms with Crippen molar-refractivity contribution in [1.82, 2.24) is 9.97 Å². The van der Waals surface area contributed by atoms with E-state index in [1.54, 1.807) is 12.3 Å². The highest BCUT2D eigenvalue weighted by Gasteiger charge is 2.09. The molecule has 0 aliphatic heterocycles. The van der Waals surface area contributed by atoms with E-state index >= 15 is 0 Å². The number of rotatable bonds is 3. The maximum absolute atomic E-state index is 13.3. The minimum Gasteiger partial charge on any atom is -0.369 e. The zero-order valence-electron chi connectivity index (χ0n) is 10.2. The molecule has 18 heavy (non-hydrogen) atoms. The van der Waals surface area contributed by atoms with Crippen molar-refractivity contribution < 1.29 is 4.39 Å². The van der Waals surface area contributed by atoms with Gasteiger partial charge in [-0.25, -0.2) is 14.4 Å². The molecule has 1 aromatic heterocycles. The molecule has 0 aliphatic rings. The van der Waals surface area contributed by atoms with Gasteiger partial charge in [0.2, 0.25) is 0 Å². The molecule has 3 nitrogen and oxygen atoms in total. The molecule has 0 unspecified atom stereocenters. The summed E-state index contributed by atoms with van der Waals surface area (Å²) in [5.41, 5.74) is 1.69. The third-order valence-corrected chi connectivity index (χ3v) is 3.32. The fourth-order valence-corrected chi connectivity index (χ4v) is 2.07. The Labute approximate surface area is 119 Å². The Morgan fingerprint density at radius 1 is 1.39 bits per heavy atom. The second-order valence-corrected chi connectivity index (χ2v) is 5.04. The monoisotopic (exact) mass is 357 g/mol. The zero-order valence-corrected chi connectivity index (χ0v) is 12.3. The Morgan fingerprint density at radius 3 is 2.89 bits per heavy atom. The van der Waals surface area contributed by atoms with Gasteiger partial charge in [0.15, 0.2) is 5.82 Å². The predicted molar refractivity (Wildman–Crippen MR) is 79.0 cm³/mol. The molecule has 0 bridgehead atoms. The third-order valence-electron chi connectivity index (χ3n) is 2.53. The first-order chi connectivity index (χ1) is 8.61. The van der Waals surface area contributed by atoms with Gasteiger partial charge in [-0.3, -0.25) is 0 Å². The molecule has 0 saturated heterocycles. The van der Waals surface area contributed by atoms with Gasteiger partial charge < -0.3 is 5.32 Å². The number of anilines is 1. The SMILES string of the molecule is CCNc1nc(-c2cc(F)ccc2C)ncc1I. The normalized spacial score (nSPS) is 10.4. The molecule has 5 heteroatoms. The molecule has 0 saturated carbocycles. The molecule has 0 spiro atoms. The van der Waals surface area contributed by atoms with Gasteiger partial charge in [0.25, 0.3) is 0 Å². The number of benzene rings is 1. The van der Waals surface area contributed by atoms with E-state index in [0.717, 1.165) is 27.1 Å². The molecule has 1 aromatic carbocycles. The summed E-state index contributed by atoms with van der Waals surface area (Å²) in [6.07, 6.45) is 1.74. The van der Waals surface area contributed by atoms with E-state index in [2.05, 4.69) is 37.9 Å². The predicted octanol–water partition coefficient (Wildman–Crippen LogP) is 3.63. The summed E-state index contributed by atoms with van der Waals surface area (Å²) in [5, 5.41) is 3.17. The zero-order chi connectivity index (χ0) is 13.1. The van der Waals surface area contributed by atoms with Gasteiger partial charge in [-0.05, 0) is 54.1 Å². The van der Waals surface area contributed by atoms with Crippen molar-refractivity contribution in [3.8, 4) is 11.4 Å². The Balaban J connectivity index is 2.50. The van der Waals surface area contributed by atoms with Gasteiger partial charge in [0, 0.05) is 18.3 Å². The van der Waals surface area contributed by atoms with Gasteiger partial charge in [0.05, 0.1) is 3.57 Å². The highest BCUT2D eigenvalue weighted by atomic mass is 127. The van der Waals surface area contributed by atoms with Crippen LogP contribution in [0.5, 0.6) is 0 Å². The lowest BCUT2D eigenvalue weighted by Crippen LogP contribution is -2.04. The lowest BCUT2D eigenvalue weighted by atomic mass is 10.1. The molecule has 0 radical (unpaired) electrons. The van der Waals surface area contributed by atoms with Crippen LogP contribution in [-0.4, -0.2) is 16.5 Å². The quantitative estimate of drug-likeness (QED) is 0.853. The molecular weight excluding hydrogens is 344 g/mol. The van der Waals surface area contributed by atoms with E-state index in [1.807, 2.05) is 13.8 Å². The number of hydrogen-bond acceptors (Lipinski definition) is 3. The highest BCUT2D eigenvalue weighted by molar-refractivity contribution is 14.1. The molecule has 2 rings (SSSR count). The Morgan fingerprint density at radius 2 is 2.17 bits per heavy atom. The second kappa shape index (κ2) is 5.60. The molecule has 0 atom stereocenters. The van der Waals surface area contributed by atoms with Crippen molar-refractivity contribution in [2.24, 2.45) is 0 Å². The molecule has 0 aliphatic carbocycles. The lowest BCUT2D eigenvalue weighted by Gasteiger charge is -2.09. The van der Waals surface area contributed by atoms with Crippen LogP contribution in [0.4, 0.5) is 10.2 Å². The van der Waals surface area contributed by atoms with Crippen LogP contribution in [0.25, 0.3) is 11.4 Å². The standard InChI is InChI=1S/C13H13FIN3/c1-3-16-13-11(15)7-17-12(18-13)10-6-9(14)5-4-8(10)2/h4-7H,3H2,1-2H3,(H,16,17,18). The minimum atomic E-state index is -0.275.